The second-order valence-electron chi connectivity index (χ2n) is 6.94. The molecule has 0 aliphatic carbocycles. The van der Waals surface area contributed by atoms with Gasteiger partial charge in [0.05, 0.1) is 17.7 Å². The van der Waals surface area contributed by atoms with Gasteiger partial charge in [0.25, 0.3) is 0 Å². The second-order valence-corrected chi connectivity index (χ2v) is 6.94. The van der Waals surface area contributed by atoms with E-state index in [9.17, 15) is 9.59 Å². The van der Waals surface area contributed by atoms with E-state index in [1.54, 1.807) is 24.3 Å². The summed E-state index contributed by atoms with van der Waals surface area (Å²) in [5.74, 6) is -0.126. The van der Waals surface area contributed by atoms with E-state index in [2.05, 4.69) is 13.8 Å². The summed E-state index contributed by atoms with van der Waals surface area (Å²) < 4.78 is 10.8. The Kier molecular flexibility index (Phi) is 8.51. The first kappa shape index (κ1) is 20.2. The van der Waals surface area contributed by atoms with E-state index >= 15 is 0 Å². The van der Waals surface area contributed by atoms with Gasteiger partial charge in [0.15, 0.2) is 0 Å². The molecule has 0 aromatic heterocycles. The Morgan fingerprint density at radius 1 is 0.917 bits per heavy atom. The van der Waals surface area contributed by atoms with E-state index in [4.69, 9.17) is 9.47 Å². The zero-order valence-corrected chi connectivity index (χ0v) is 15.5. The summed E-state index contributed by atoms with van der Waals surface area (Å²) in [6.45, 7) is 10.6. The number of carbonyl (C=O) groups is 2. The van der Waals surface area contributed by atoms with Crippen LogP contribution < -0.4 is 0 Å². The molecule has 134 valence electrons. The van der Waals surface area contributed by atoms with Gasteiger partial charge in [-0.25, -0.2) is 9.59 Å². The third kappa shape index (κ3) is 6.73. The quantitative estimate of drug-likeness (QED) is 0.605. The molecular formula is C20H30O4. The van der Waals surface area contributed by atoms with Crippen molar-refractivity contribution in [1.82, 2.24) is 0 Å². The largest absolute Gasteiger partial charge is 0.462 e. The lowest BCUT2D eigenvalue weighted by atomic mass is 10.0. The molecule has 0 spiro atoms. The highest BCUT2D eigenvalue weighted by Crippen LogP contribution is 2.17. The summed E-state index contributed by atoms with van der Waals surface area (Å²) in [6.07, 6.45) is 2.47. The first-order valence-electron chi connectivity index (χ1n) is 8.82. The molecule has 0 saturated heterocycles. The minimum atomic E-state index is -0.480. The van der Waals surface area contributed by atoms with Gasteiger partial charge in [-0.2, -0.15) is 0 Å². The highest BCUT2D eigenvalue weighted by molar-refractivity contribution is 6.03. The Balaban J connectivity index is 2.81. The van der Waals surface area contributed by atoms with Crippen molar-refractivity contribution in [2.75, 3.05) is 6.61 Å². The highest BCUT2D eigenvalue weighted by atomic mass is 16.5. The van der Waals surface area contributed by atoms with Crippen molar-refractivity contribution in [1.29, 1.82) is 0 Å². The molecule has 0 amide bonds. The van der Waals surface area contributed by atoms with Crippen LogP contribution in [-0.2, 0) is 9.47 Å². The van der Waals surface area contributed by atoms with Crippen LogP contribution in [0.4, 0.5) is 0 Å². The number of hydrogen-bond donors (Lipinski definition) is 0. The molecule has 1 atom stereocenters. The van der Waals surface area contributed by atoms with Crippen LogP contribution in [0.25, 0.3) is 0 Å². The van der Waals surface area contributed by atoms with Gasteiger partial charge >= 0.3 is 11.9 Å². The summed E-state index contributed by atoms with van der Waals surface area (Å²) in [7, 11) is 0. The van der Waals surface area contributed by atoms with E-state index in [-0.39, 0.29) is 23.1 Å². The van der Waals surface area contributed by atoms with Gasteiger partial charge in [-0.3, -0.25) is 0 Å². The molecule has 1 aromatic carbocycles. The average molecular weight is 334 g/mol. The number of esters is 2. The van der Waals surface area contributed by atoms with Crippen LogP contribution in [0.1, 0.15) is 74.6 Å². The molecule has 0 bridgehead atoms. The summed E-state index contributed by atoms with van der Waals surface area (Å²) in [4.78, 5) is 24.7. The minimum absolute atomic E-state index is 0.125. The zero-order valence-electron chi connectivity index (χ0n) is 15.5. The van der Waals surface area contributed by atoms with E-state index in [1.807, 2.05) is 20.8 Å². The predicted octanol–water partition coefficient (Wildman–Crippen LogP) is 4.87. The summed E-state index contributed by atoms with van der Waals surface area (Å²) in [5.41, 5.74) is 0.538. The normalized spacial score (nSPS) is 12.3. The van der Waals surface area contributed by atoms with Crippen molar-refractivity contribution in [2.24, 2.45) is 11.8 Å². The number of ether oxygens (including phenoxy) is 2. The molecule has 1 unspecified atom stereocenters. The molecule has 4 heteroatoms. The monoisotopic (exact) mass is 334 g/mol. The van der Waals surface area contributed by atoms with Crippen LogP contribution in [0.3, 0.4) is 0 Å². The van der Waals surface area contributed by atoms with Gasteiger partial charge in [0.1, 0.15) is 6.10 Å². The van der Waals surface area contributed by atoms with Crippen LogP contribution >= 0.6 is 0 Å². The Bertz CT molecular complexity index is 534. The van der Waals surface area contributed by atoms with Crippen LogP contribution in [0.15, 0.2) is 24.3 Å². The topological polar surface area (TPSA) is 52.6 Å². The summed E-state index contributed by atoms with van der Waals surface area (Å²) in [6, 6.07) is 6.67. The van der Waals surface area contributed by atoms with Crippen molar-refractivity contribution in [3.05, 3.63) is 35.4 Å². The van der Waals surface area contributed by atoms with Crippen LogP contribution in [-0.4, -0.2) is 24.6 Å². The maximum absolute atomic E-state index is 12.5. The smallest absolute Gasteiger partial charge is 0.339 e. The van der Waals surface area contributed by atoms with E-state index in [0.29, 0.717) is 12.5 Å². The maximum Gasteiger partial charge on any atom is 0.339 e. The molecule has 1 aromatic rings. The predicted molar refractivity (Wildman–Crippen MR) is 95.1 cm³/mol. The summed E-state index contributed by atoms with van der Waals surface area (Å²) >= 11 is 0. The van der Waals surface area contributed by atoms with Crippen molar-refractivity contribution >= 4 is 11.9 Å². The van der Waals surface area contributed by atoms with E-state index in [1.165, 1.54) is 0 Å². The Morgan fingerprint density at radius 2 is 1.50 bits per heavy atom. The Hall–Kier alpha value is -1.84. The van der Waals surface area contributed by atoms with E-state index < -0.39 is 11.9 Å². The molecule has 0 fully saturated rings. The van der Waals surface area contributed by atoms with E-state index in [0.717, 1.165) is 19.3 Å². The van der Waals surface area contributed by atoms with Gasteiger partial charge in [0.2, 0.25) is 0 Å². The van der Waals surface area contributed by atoms with Crippen molar-refractivity contribution < 1.29 is 19.1 Å². The Labute approximate surface area is 145 Å². The van der Waals surface area contributed by atoms with Crippen LogP contribution in [0, 0.1) is 11.8 Å². The minimum Gasteiger partial charge on any atom is -0.462 e. The number of benzene rings is 1. The van der Waals surface area contributed by atoms with Crippen LogP contribution in [0.5, 0.6) is 0 Å². The lowest BCUT2D eigenvalue weighted by molar-refractivity contribution is 0.0250. The average Bonchev–Trinajstić information content (AvgIpc) is 2.55. The van der Waals surface area contributed by atoms with Crippen molar-refractivity contribution in [3.63, 3.8) is 0 Å². The third-order valence-corrected chi connectivity index (χ3v) is 3.71. The number of carbonyl (C=O) groups excluding carboxylic acids is 2. The van der Waals surface area contributed by atoms with Gasteiger partial charge in [0, 0.05) is 0 Å². The highest BCUT2D eigenvalue weighted by Gasteiger charge is 2.21. The standard InChI is InChI=1S/C20H30O4/c1-6-16(12-11-14(2)3)24-20(22)18-10-8-7-9-17(18)19(21)23-13-15(4)5/h7-10,14-16H,6,11-13H2,1-5H3. The van der Waals surface area contributed by atoms with Crippen molar-refractivity contribution in [3.8, 4) is 0 Å². The number of hydrogen-bond acceptors (Lipinski definition) is 4. The Morgan fingerprint density at radius 3 is 2.00 bits per heavy atom. The second kappa shape index (κ2) is 10.1. The van der Waals surface area contributed by atoms with Gasteiger partial charge < -0.3 is 9.47 Å². The molecule has 0 aliphatic rings. The molecular weight excluding hydrogens is 304 g/mol. The fourth-order valence-corrected chi connectivity index (χ4v) is 2.24. The zero-order chi connectivity index (χ0) is 18.1. The molecule has 24 heavy (non-hydrogen) atoms. The van der Waals surface area contributed by atoms with Crippen molar-refractivity contribution in [2.45, 2.75) is 60.0 Å². The maximum atomic E-state index is 12.5. The molecule has 0 aliphatic heterocycles. The fraction of sp³-hybridized carbons (Fsp3) is 0.600. The molecule has 0 saturated carbocycles. The lowest BCUT2D eigenvalue weighted by Crippen LogP contribution is -2.21. The molecule has 0 radical (unpaired) electrons. The molecule has 0 heterocycles. The molecule has 4 nitrogen and oxygen atoms in total. The lowest BCUT2D eigenvalue weighted by Gasteiger charge is -2.18. The SMILES string of the molecule is CCC(CCC(C)C)OC(=O)c1ccccc1C(=O)OCC(C)C. The first-order chi connectivity index (χ1) is 11.3. The molecule has 0 N–H and O–H groups in total. The third-order valence-electron chi connectivity index (χ3n) is 3.71. The van der Waals surface area contributed by atoms with Gasteiger partial charge in [-0.05, 0) is 43.2 Å². The van der Waals surface area contributed by atoms with Crippen LogP contribution in [0.2, 0.25) is 0 Å². The summed E-state index contributed by atoms with van der Waals surface area (Å²) in [5, 5.41) is 0. The fourth-order valence-electron chi connectivity index (χ4n) is 2.24. The van der Waals surface area contributed by atoms with Gasteiger partial charge in [-0.1, -0.05) is 46.8 Å². The van der Waals surface area contributed by atoms with Gasteiger partial charge in [-0.15, -0.1) is 0 Å². The molecule has 1 rings (SSSR count). The number of rotatable bonds is 9. The first-order valence-corrected chi connectivity index (χ1v) is 8.82.